The molecule has 0 aliphatic rings. The van der Waals surface area contributed by atoms with Crippen LogP contribution in [0, 0.1) is 5.82 Å². The lowest BCUT2D eigenvalue weighted by molar-refractivity contribution is -0.113. The lowest BCUT2D eigenvalue weighted by atomic mass is 10.1. The lowest BCUT2D eigenvalue weighted by Crippen LogP contribution is -2.15. The first-order valence-electron chi connectivity index (χ1n) is 11.2. The molecular formula is C26H26FN5O2S. The summed E-state index contributed by atoms with van der Waals surface area (Å²) in [5.74, 6) is 1.13. The maximum absolute atomic E-state index is 13.2. The summed E-state index contributed by atoms with van der Waals surface area (Å²) in [6, 6.07) is 21.5. The van der Waals surface area contributed by atoms with Crippen molar-refractivity contribution >= 4 is 29.0 Å². The van der Waals surface area contributed by atoms with Crippen LogP contribution < -0.4 is 15.4 Å². The Morgan fingerprint density at radius 1 is 0.971 bits per heavy atom. The number of nitrogens with one attached hydrogen (secondary N) is 2. The summed E-state index contributed by atoms with van der Waals surface area (Å²) in [6.07, 6.45) is 0.948. The van der Waals surface area contributed by atoms with Crippen molar-refractivity contribution in [2.45, 2.75) is 25.0 Å². The molecular weight excluding hydrogens is 465 g/mol. The van der Waals surface area contributed by atoms with Crippen LogP contribution in [-0.2, 0) is 17.8 Å². The van der Waals surface area contributed by atoms with E-state index in [-0.39, 0.29) is 17.5 Å². The molecule has 4 aromatic rings. The van der Waals surface area contributed by atoms with Crippen LogP contribution in [-0.4, -0.2) is 33.5 Å². The highest BCUT2D eigenvalue weighted by Gasteiger charge is 2.16. The van der Waals surface area contributed by atoms with E-state index in [0.717, 1.165) is 29.2 Å². The third kappa shape index (κ3) is 6.39. The smallest absolute Gasteiger partial charge is 0.234 e. The second-order valence-electron chi connectivity index (χ2n) is 7.68. The van der Waals surface area contributed by atoms with Crippen LogP contribution in [0.25, 0.3) is 5.69 Å². The van der Waals surface area contributed by atoms with Crippen molar-refractivity contribution in [1.82, 2.24) is 14.8 Å². The summed E-state index contributed by atoms with van der Waals surface area (Å²) < 4.78 is 20.4. The van der Waals surface area contributed by atoms with Gasteiger partial charge in [-0.3, -0.25) is 9.36 Å². The molecule has 1 heterocycles. The summed E-state index contributed by atoms with van der Waals surface area (Å²) in [4.78, 5) is 12.6. The molecule has 3 aromatic carbocycles. The molecule has 7 nitrogen and oxygen atoms in total. The first-order chi connectivity index (χ1) is 17.1. The summed E-state index contributed by atoms with van der Waals surface area (Å²) in [5, 5.41) is 15.4. The van der Waals surface area contributed by atoms with Gasteiger partial charge in [0.1, 0.15) is 11.6 Å². The first-order valence-corrected chi connectivity index (χ1v) is 12.1. The Morgan fingerprint density at radius 2 is 1.66 bits per heavy atom. The van der Waals surface area contributed by atoms with Crippen molar-refractivity contribution in [2.75, 3.05) is 23.5 Å². The van der Waals surface area contributed by atoms with E-state index in [4.69, 9.17) is 4.74 Å². The Hall–Kier alpha value is -3.85. The Morgan fingerprint density at radius 3 is 2.31 bits per heavy atom. The zero-order valence-electron chi connectivity index (χ0n) is 19.5. The molecule has 0 atom stereocenters. The zero-order valence-corrected chi connectivity index (χ0v) is 20.3. The maximum atomic E-state index is 13.2. The van der Waals surface area contributed by atoms with Crippen molar-refractivity contribution in [1.29, 1.82) is 0 Å². The molecule has 0 aliphatic carbocycles. The van der Waals surface area contributed by atoms with E-state index in [0.29, 0.717) is 17.5 Å². The number of benzene rings is 3. The van der Waals surface area contributed by atoms with Crippen LogP contribution >= 0.6 is 11.8 Å². The fourth-order valence-electron chi connectivity index (χ4n) is 3.40. The minimum atomic E-state index is -0.296. The zero-order chi connectivity index (χ0) is 24.6. The molecule has 9 heteroatoms. The van der Waals surface area contributed by atoms with Gasteiger partial charge in [-0.2, -0.15) is 0 Å². The third-order valence-electron chi connectivity index (χ3n) is 5.30. The molecule has 0 bridgehead atoms. The number of aryl methyl sites for hydroxylation is 1. The van der Waals surface area contributed by atoms with E-state index >= 15 is 0 Å². The minimum Gasteiger partial charge on any atom is -0.497 e. The summed E-state index contributed by atoms with van der Waals surface area (Å²) >= 11 is 1.30. The molecule has 35 heavy (non-hydrogen) atoms. The number of halogens is 1. The van der Waals surface area contributed by atoms with Gasteiger partial charge in [-0.05, 0) is 72.6 Å². The van der Waals surface area contributed by atoms with Crippen LogP contribution in [0.2, 0.25) is 0 Å². The predicted octanol–water partition coefficient (Wildman–Crippen LogP) is 5.32. The van der Waals surface area contributed by atoms with E-state index in [9.17, 15) is 9.18 Å². The van der Waals surface area contributed by atoms with Crippen molar-refractivity contribution in [2.24, 2.45) is 0 Å². The van der Waals surface area contributed by atoms with E-state index in [2.05, 4.69) is 27.8 Å². The van der Waals surface area contributed by atoms with Gasteiger partial charge in [0, 0.05) is 17.1 Å². The van der Waals surface area contributed by atoms with Gasteiger partial charge in [0.15, 0.2) is 11.0 Å². The average molecular weight is 492 g/mol. The summed E-state index contributed by atoms with van der Waals surface area (Å²) in [5.41, 5.74) is 3.57. The fraction of sp³-hybridized carbons (Fsp3) is 0.192. The van der Waals surface area contributed by atoms with Gasteiger partial charge < -0.3 is 15.4 Å². The number of anilines is 2. The minimum absolute atomic E-state index is 0.130. The van der Waals surface area contributed by atoms with Crippen LogP contribution in [0.1, 0.15) is 18.3 Å². The van der Waals surface area contributed by atoms with E-state index in [1.165, 1.54) is 29.5 Å². The monoisotopic (exact) mass is 491 g/mol. The van der Waals surface area contributed by atoms with Gasteiger partial charge in [0.25, 0.3) is 0 Å². The number of ether oxygens (including phenoxy) is 1. The number of thioether (sulfide) groups is 1. The Balaban J connectivity index is 1.49. The molecule has 1 amide bonds. The predicted molar refractivity (Wildman–Crippen MR) is 137 cm³/mol. The first kappa shape index (κ1) is 24.3. The number of hydrogen-bond acceptors (Lipinski definition) is 6. The molecule has 180 valence electrons. The van der Waals surface area contributed by atoms with Crippen LogP contribution in [0.4, 0.5) is 15.8 Å². The number of rotatable bonds is 10. The van der Waals surface area contributed by atoms with Crippen LogP contribution in [0.3, 0.4) is 0 Å². The van der Waals surface area contributed by atoms with Crippen molar-refractivity contribution in [3.63, 3.8) is 0 Å². The second-order valence-corrected chi connectivity index (χ2v) is 8.62. The topological polar surface area (TPSA) is 81.1 Å². The van der Waals surface area contributed by atoms with Gasteiger partial charge >= 0.3 is 0 Å². The van der Waals surface area contributed by atoms with Crippen molar-refractivity contribution in [3.05, 3.63) is 90.0 Å². The number of hydrogen-bond donors (Lipinski definition) is 2. The number of carbonyl (C=O) groups is 1. The largest absolute Gasteiger partial charge is 0.497 e. The van der Waals surface area contributed by atoms with E-state index in [1.54, 1.807) is 19.2 Å². The highest BCUT2D eigenvalue weighted by Crippen LogP contribution is 2.25. The molecule has 0 aliphatic heterocycles. The molecule has 4 rings (SSSR count). The number of aromatic nitrogens is 3. The maximum Gasteiger partial charge on any atom is 0.234 e. The average Bonchev–Trinajstić information content (AvgIpc) is 3.30. The Labute approximate surface area is 207 Å². The van der Waals surface area contributed by atoms with E-state index < -0.39 is 0 Å². The molecule has 1 aromatic heterocycles. The van der Waals surface area contributed by atoms with Gasteiger partial charge in [-0.15, -0.1) is 10.2 Å². The van der Waals surface area contributed by atoms with Gasteiger partial charge in [-0.25, -0.2) is 4.39 Å². The number of carbonyl (C=O) groups excluding carboxylic acids is 1. The van der Waals surface area contributed by atoms with Gasteiger partial charge in [0.05, 0.1) is 19.4 Å². The highest BCUT2D eigenvalue weighted by molar-refractivity contribution is 7.99. The van der Waals surface area contributed by atoms with Gasteiger partial charge in [-0.1, -0.05) is 30.8 Å². The quantitative estimate of drug-likeness (QED) is 0.292. The molecule has 0 radical (unpaired) electrons. The second kappa shape index (κ2) is 11.5. The summed E-state index contributed by atoms with van der Waals surface area (Å²) in [7, 11) is 1.61. The number of nitrogens with zero attached hydrogens (tertiary/aromatic N) is 3. The molecule has 0 saturated carbocycles. The van der Waals surface area contributed by atoms with Crippen LogP contribution in [0.5, 0.6) is 5.75 Å². The standard InChI is InChI=1S/C26H26FN5O2S/c1-3-18-4-8-21(9-5-18)29-25(33)17-35-26-31-30-24(16-28-20-10-6-19(27)7-11-20)32(26)22-12-14-23(34-2)15-13-22/h4-15,28H,3,16-17H2,1-2H3,(H,29,33). The molecule has 0 spiro atoms. The van der Waals surface area contributed by atoms with Gasteiger partial charge in [0.2, 0.25) is 5.91 Å². The molecule has 2 N–H and O–H groups in total. The van der Waals surface area contributed by atoms with E-state index in [1.807, 2.05) is 53.1 Å². The Bertz CT molecular complexity index is 1260. The molecule has 0 saturated heterocycles. The third-order valence-corrected chi connectivity index (χ3v) is 6.23. The number of amides is 1. The SMILES string of the molecule is CCc1ccc(NC(=O)CSc2nnc(CNc3ccc(F)cc3)n2-c2ccc(OC)cc2)cc1. The van der Waals surface area contributed by atoms with Crippen molar-refractivity contribution in [3.8, 4) is 11.4 Å². The molecule has 0 unspecified atom stereocenters. The van der Waals surface area contributed by atoms with Crippen molar-refractivity contribution < 1.29 is 13.9 Å². The van der Waals surface area contributed by atoms with Crippen LogP contribution in [0.15, 0.2) is 78.0 Å². The fourth-order valence-corrected chi connectivity index (χ4v) is 4.17. The number of methoxy groups -OCH3 is 1. The molecule has 0 fully saturated rings. The lowest BCUT2D eigenvalue weighted by Gasteiger charge is -2.12. The highest BCUT2D eigenvalue weighted by atomic mass is 32.2. The summed E-state index contributed by atoms with van der Waals surface area (Å²) in [6.45, 7) is 2.45. The Kier molecular flexibility index (Phi) is 7.99. The normalized spacial score (nSPS) is 10.7.